The first-order chi connectivity index (χ1) is 13.7. The Labute approximate surface area is 173 Å². The molecule has 1 unspecified atom stereocenters. The van der Waals surface area contributed by atoms with Crippen molar-refractivity contribution in [2.24, 2.45) is 10.9 Å². The van der Waals surface area contributed by atoms with E-state index < -0.39 is 22.7 Å². The van der Waals surface area contributed by atoms with Crippen LogP contribution >= 0.6 is 0 Å². The van der Waals surface area contributed by atoms with E-state index in [0.29, 0.717) is 17.7 Å². The summed E-state index contributed by atoms with van der Waals surface area (Å²) in [6.45, 7) is 5.73. The second-order valence-electron chi connectivity index (χ2n) is 6.75. The average Bonchev–Trinajstić information content (AvgIpc) is 2.72. The number of rotatable bonds is 7. The van der Waals surface area contributed by atoms with Crippen LogP contribution in [0.2, 0.25) is 0 Å². The number of alkyl halides is 3. The molecule has 2 aromatic carbocycles. The lowest BCUT2D eigenvalue weighted by molar-refractivity contribution is -0.0577. The van der Waals surface area contributed by atoms with Gasteiger partial charge in [-0.3, -0.25) is 9.20 Å². The maximum Gasteiger partial charge on any atom is 0.432 e. The van der Waals surface area contributed by atoms with Crippen LogP contribution in [0.3, 0.4) is 0 Å². The zero-order valence-corrected chi connectivity index (χ0v) is 17.9. The van der Waals surface area contributed by atoms with E-state index in [4.69, 9.17) is 0 Å². The Morgan fingerprint density at radius 1 is 1.10 bits per heavy atom. The molecule has 0 fully saturated rings. The van der Waals surface area contributed by atoms with Gasteiger partial charge in [-0.15, -0.1) is 0 Å². The molecule has 2 nitrogen and oxygen atoms in total. The second kappa shape index (κ2) is 10.0. The van der Waals surface area contributed by atoms with Crippen molar-refractivity contribution in [1.82, 2.24) is 0 Å². The molecule has 2 rings (SSSR count). The fraction of sp³-hybridized carbons (Fsp3) is 0.348. The first-order valence-corrected chi connectivity index (χ1v) is 10.9. The standard InChI is InChI=1S/C23H26F3NOS/c1-5-16(3)21(15-22(27-4)23(24,25)26)18-12-10-17(11-13-18)19-8-7-9-20(14-19)29(28)6-2/h7-16H,5-6H2,1-4H3/b21-15+,27-22?/t16-,29?/m1/s1. The first-order valence-electron chi connectivity index (χ1n) is 9.56. The third kappa shape index (κ3) is 5.89. The first kappa shape index (κ1) is 23.1. The van der Waals surface area contributed by atoms with Gasteiger partial charge in [0.05, 0.1) is 10.8 Å². The zero-order chi connectivity index (χ0) is 21.6. The molecular formula is C23H26F3NOS. The van der Waals surface area contributed by atoms with E-state index in [-0.39, 0.29) is 5.92 Å². The molecule has 6 heteroatoms. The highest BCUT2D eigenvalue weighted by Gasteiger charge is 2.34. The summed E-state index contributed by atoms with van der Waals surface area (Å²) in [4.78, 5) is 4.19. The molecule has 0 aliphatic carbocycles. The third-order valence-electron chi connectivity index (χ3n) is 4.88. The summed E-state index contributed by atoms with van der Waals surface area (Å²) in [7, 11) is 0.118. The van der Waals surface area contributed by atoms with Crippen molar-refractivity contribution < 1.29 is 17.4 Å². The Morgan fingerprint density at radius 3 is 2.28 bits per heavy atom. The maximum absolute atomic E-state index is 13.2. The van der Waals surface area contributed by atoms with Gasteiger partial charge in [-0.25, -0.2) is 0 Å². The minimum absolute atomic E-state index is 0.0461. The summed E-state index contributed by atoms with van der Waals surface area (Å²) in [5.74, 6) is 0.502. The molecule has 2 aromatic rings. The molecule has 0 radical (unpaired) electrons. The summed E-state index contributed by atoms with van der Waals surface area (Å²) in [5.41, 5.74) is 2.31. The number of halogens is 3. The lowest BCUT2D eigenvalue weighted by Crippen LogP contribution is -2.21. The molecule has 0 bridgehead atoms. The van der Waals surface area contributed by atoms with Crippen molar-refractivity contribution in [3.8, 4) is 11.1 Å². The van der Waals surface area contributed by atoms with Gasteiger partial charge in [0, 0.05) is 17.7 Å². The fourth-order valence-electron chi connectivity index (χ4n) is 2.99. The zero-order valence-electron chi connectivity index (χ0n) is 17.1. The summed E-state index contributed by atoms with van der Waals surface area (Å²) in [6, 6.07) is 15.0. The average molecular weight is 422 g/mol. The van der Waals surface area contributed by atoms with Crippen LogP contribution in [0, 0.1) is 5.92 Å². The van der Waals surface area contributed by atoms with Crippen LogP contribution in [0.1, 0.15) is 32.8 Å². The van der Waals surface area contributed by atoms with Crippen LogP contribution in [0.5, 0.6) is 0 Å². The summed E-state index contributed by atoms with van der Waals surface area (Å²) in [6.07, 6.45) is -2.62. The number of nitrogens with zero attached hydrogens (tertiary/aromatic N) is 1. The molecule has 0 aliphatic rings. The van der Waals surface area contributed by atoms with E-state index in [1.807, 2.05) is 69.3 Å². The van der Waals surface area contributed by atoms with Gasteiger partial charge in [-0.2, -0.15) is 13.2 Å². The van der Waals surface area contributed by atoms with Gasteiger partial charge in [0.1, 0.15) is 5.71 Å². The number of benzene rings is 2. The summed E-state index contributed by atoms with van der Waals surface area (Å²) in [5, 5.41) is 0. The van der Waals surface area contributed by atoms with Gasteiger partial charge < -0.3 is 0 Å². The molecule has 0 heterocycles. The highest BCUT2D eigenvalue weighted by Crippen LogP contribution is 2.31. The monoisotopic (exact) mass is 421 g/mol. The Kier molecular flexibility index (Phi) is 7.96. The van der Waals surface area contributed by atoms with Gasteiger partial charge in [0.2, 0.25) is 0 Å². The predicted molar refractivity (Wildman–Crippen MR) is 116 cm³/mol. The van der Waals surface area contributed by atoms with Crippen molar-refractivity contribution in [2.45, 2.75) is 38.3 Å². The molecule has 0 saturated heterocycles. The molecule has 2 atom stereocenters. The maximum atomic E-state index is 13.2. The third-order valence-corrected chi connectivity index (χ3v) is 6.18. The Balaban J connectivity index is 2.43. The van der Waals surface area contributed by atoms with E-state index in [2.05, 4.69) is 4.99 Å². The van der Waals surface area contributed by atoms with Gasteiger partial charge in [-0.05, 0) is 52.8 Å². The molecule has 0 spiro atoms. The number of allylic oxidation sites excluding steroid dienone is 2. The van der Waals surface area contributed by atoms with Crippen LogP contribution in [0.15, 0.2) is 64.5 Å². The van der Waals surface area contributed by atoms with E-state index in [1.165, 1.54) is 0 Å². The topological polar surface area (TPSA) is 29.4 Å². The lowest BCUT2D eigenvalue weighted by Gasteiger charge is -2.17. The van der Waals surface area contributed by atoms with Gasteiger partial charge in [-0.1, -0.05) is 57.2 Å². The molecule has 156 valence electrons. The quantitative estimate of drug-likeness (QED) is 0.467. The van der Waals surface area contributed by atoms with Crippen LogP contribution in [0.4, 0.5) is 13.2 Å². The fourth-order valence-corrected chi connectivity index (χ4v) is 3.81. The normalized spacial score (nSPS) is 15.3. The van der Waals surface area contributed by atoms with Gasteiger partial charge in [0.15, 0.2) is 0 Å². The number of hydrogen-bond acceptors (Lipinski definition) is 2. The van der Waals surface area contributed by atoms with E-state index in [9.17, 15) is 17.4 Å². The minimum atomic E-state index is -4.48. The van der Waals surface area contributed by atoms with E-state index >= 15 is 0 Å². The molecule has 0 aliphatic heterocycles. The molecule has 0 saturated carbocycles. The van der Waals surface area contributed by atoms with Crippen molar-refractivity contribution >= 4 is 22.1 Å². The second-order valence-corrected chi connectivity index (χ2v) is 8.49. The van der Waals surface area contributed by atoms with Crippen LogP contribution in [0.25, 0.3) is 16.7 Å². The van der Waals surface area contributed by atoms with Crippen molar-refractivity contribution in [2.75, 3.05) is 12.8 Å². The summed E-state index contributed by atoms with van der Waals surface area (Å²) < 4.78 is 51.6. The highest BCUT2D eigenvalue weighted by atomic mass is 32.2. The molecule has 29 heavy (non-hydrogen) atoms. The smallest absolute Gasteiger partial charge is 0.284 e. The van der Waals surface area contributed by atoms with Crippen molar-refractivity contribution in [1.29, 1.82) is 0 Å². The largest absolute Gasteiger partial charge is 0.432 e. The van der Waals surface area contributed by atoms with Crippen molar-refractivity contribution in [3.63, 3.8) is 0 Å². The van der Waals surface area contributed by atoms with Gasteiger partial charge >= 0.3 is 6.18 Å². The Morgan fingerprint density at radius 2 is 1.76 bits per heavy atom. The summed E-state index contributed by atoms with van der Waals surface area (Å²) >= 11 is 0. The van der Waals surface area contributed by atoms with Crippen LogP contribution in [-0.4, -0.2) is 28.9 Å². The Hall–Kier alpha value is -2.21. The predicted octanol–water partition coefficient (Wildman–Crippen LogP) is 6.54. The van der Waals surface area contributed by atoms with E-state index in [1.54, 1.807) is 0 Å². The molecule has 0 amide bonds. The number of hydrogen-bond donors (Lipinski definition) is 0. The molecule has 0 N–H and O–H groups in total. The van der Waals surface area contributed by atoms with Crippen LogP contribution in [-0.2, 0) is 10.8 Å². The van der Waals surface area contributed by atoms with Gasteiger partial charge in [0.25, 0.3) is 0 Å². The highest BCUT2D eigenvalue weighted by molar-refractivity contribution is 7.85. The Bertz CT molecular complexity index is 914. The molecular weight excluding hydrogens is 395 g/mol. The van der Waals surface area contributed by atoms with E-state index in [0.717, 1.165) is 34.7 Å². The number of aliphatic imine (C=N–C) groups is 1. The minimum Gasteiger partial charge on any atom is -0.284 e. The lowest BCUT2D eigenvalue weighted by atomic mass is 9.89. The molecule has 0 aromatic heterocycles. The van der Waals surface area contributed by atoms with Crippen LogP contribution < -0.4 is 0 Å². The SMILES string of the molecule is CC[C@@H](C)/C(=C\C(=NC)C(F)(F)F)c1ccc(-c2cccc(S(=O)CC)c2)cc1. The van der Waals surface area contributed by atoms with Crippen molar-refractivity contribution in [3.05, 3.63) is 60.2 Å².